The van der Waals surface area contributed by atoms with Gasteiger partial charge in [-0.3, -0.25) is 4.79 Å². The van der Waals surface area contributed by atoms with Crippen LogP contribution in [0.25, 0.3) is 4.98 Å². The molecule has 0 atom stereocenters. The van der Waals surface area contributed by atoms with E-state index in [1.807, 2.05) is 19.9 Å². The van der Waals surface area contributed by atoms with Gasteiger partial charge in [0.25, 0.3) is 0 Å². The summed E-state index contributed by atoms with van der Waals surface area (Å²) in [5.41, 5.74) is 1.49. The van der Waals surface area contributed by atoms with E-state index in [2.05, 4.69) is 10.3 Å². The molecule has 7 heteroatoms. The maximum Gasteiger partial charge on any atom is 0.408 e. The topological polar surface area (TPSA) is 75.7 Å². The van der Waals surface area contributed by atoms with E-state index in [-0.39, 0.29) is 24.7 Å². The van der Waals surface area contributed by atoms with Crippen molar-refractivity contribution in [1.29, 1.82) is 5.39 Å². The molecule has 0 bridgehead atoms. The minimum absolute atomic E-state index is 0. The minimum atomic E-state index is -0.235. The van der Waals surface area contributed by atoms with Crippen molar-refractivity contribution in [2.75, 3.05) is 18.5 Å². The maximum atomic E-state index is 12.3. The number of anilines is 1. The number of para-hydroxylation sites is 1. The number of amides is 1. The lowest BCUT2D eigenvalue weighted by Crippen LogP contribution is -3.00. The number of rotatable bonds is 7. The molecule has 6 nitrogen and oxygen atoms in total. The second-order valence-corrected chi connectivity index (χ2v) is 4.98. The van der Waals surface area contributed by atoms with Crippen molar-refractivity contribution in [2.45, 2.75) is 20.3 Å². The Labute approximate surface area is 153 Å². The van der Waals surface area contributed by atoms with Crippen LogP contribution in [-0.2, 0) is 11.2 Å². The molecule has 0 radical (unpaired) electrons. The first-order valence-corrected chi connectivity index (χ1v) is 7.80. The van der Waals surface area contributed by atoms with E-state index in [1.165, 1.54) is 0 Å². The third kappa shape index (κ3) is 5.66. The molecular weight excluding hydrogens is 342 g/mol. The quantitative estimate of drug-likeness (QED) is 0.751. The number of nitrogens with one attached hydrogen (secondary N) is 1. The predicted molar refractivity (Wildman–Crippen MR) is 92.3 cm³/mol. The monoisotopic (exact) mass is 361 g/mol. The van der Waals surface area contributed by atoms with Crippen molar-refractivity contribution in [3.05, 3.63) is 53.0 Å². The molecule has 25 heavy (non-hydrogen) atoms. The molecule has 0 heterocycles. The normalized spacial score (nSPS) is 9.48. The van der Waals surface area contributed by atoms with Crippen LogP contribution in [0.3, 0.4) is 0 Å². The summed E-state index contributed by atoms with van der Waals surface area (Å²) in [4.78, 5) is 15.5. The number of carbonyl (C=O) groups is 1. The predicted octanol–water partition coefficient (Wildman–Crippen LogP) is 1.15. The second kappa shape index (κ2) is 10.2. The average molecular weight is 362 g/mol. The van der Waals surface area contributed by atoms with Gasteiger partial charge in [-0.25, -0.2) is 0 Å². The summed E-state index contributed by atoms with van der Waals surface area (Å²) < 4.78 is 11.1. The zero-order valence-electron chi connectivity index (χ0n) is 14.2. The highest BCUT2D eigenvalue weighted by Crippen LogP contribution is 2.27. The van der Waals surface area contributed by atoms with Gasteiger partial charge >= 0.3 is 5.69 Å². The molecule has 132 valence electrons. The molecule has 0 spiro atoms. The maximum absolute atomic E-state index is 12.3. The number of carbonyl (C=O) groups excluding carboxylic acids is 1. The lowest BCUT2D eigenvalue weighted by Gasteiger charge is -2.12. The Hall–Kier alpha value is -2.78. The number of hydrogen-bond donors (Lipinski definition) is 1. The number of halogens is 1. The van der Waals surface area contributed by atoms with Gasteiger partial charge in [0, 0.05) is 11.6 Å². The highest BCUT2D eigenvalue weighted by molar-refractivity contribution is 5.95. The number of benzene rings is 2. The van der Waals surface area contributed by atoms with Gasteiger partial charge in [0.05, 0.1) is 19.6 Å². The molecule has 0 aliphatic carbocycles. The number of ether oxygens (including phenoxy) is 2. The fourth-order valence-electron chi connectivity index (χ4n) is 2.28. The summed E-state index contributed by atoms with van der Waals surface area (Å²) in [6.45, 7) is 4.84. The Morgan fingerprint density at radius 2 is 1.84 bits per heavy atom. The van der Waals surface area contributed by atoms with Crippen LogP contribution >= 0.6 is 0 Å². The standard InChI is InChI=1S/C18H19N3O3.ClH/c1-3-23-14-9-10-17(24-4-2)13(11-14)12-18(22)20-15-7-5-6-8-16(15)21-19;/h5-11H,3-4,12H2,1-2H3;1H. The highest BCUT2D eigenvalue weighted by Gasteiger charge is 2.16. The molecular formula is C18H20ClN3O3. The average Bonchev–Trinajstić information content (AvgIpc) is 2.58. The van der Waals surface area contributed by atoms with Crippen LogP contribution in [-0.4, -0.2) is 19.1 Å². The lowest BCUT2D eigenvalue weighted by molar-refractivity contribution is -0.115. The molecule has 0 aliphatic rings. The Morgan fingerprint density at radius 1 is 1.12 bits per heavy atom. The first-order valence-electron chi connectivity index (χ1n) is 7.80. The van der Waals surface area contributed by atoms with Crippen LogP contribution in [0.5, 0.6) is 11.5 Å². The molecule has 2 rings (SSSR count). The number of nitrogens with zero attached hydrogens (tertiary/aromatic N) is 2. The molecule has 0 aliphatic heterocycles. The fraction of sp³-hybridized carbons (Fsp3) is 0.278. The molecule has 0 saturated heterocycles. The van der Waals surface area contributed by atoms with Crippen molar-refractivity contribution in [2.24, 2.45) is 0 Å². The molecule has 2 aromatic carbocycles. The van der Waals surface area contributed by atoms with Crippen LogP contribution in [0.4, 0.5) is 11.4 Å². The van der Waals surface area contributed by atoms with E-state index in [9.17, 15) is 4.79 Å². The fourth-order valence-corrected chi connectivity index (χ4v) is 2.28. The van der Waals surface area contributed by atoms with Crippen molar-refractivity contribution in [1.82, 2.24) is 0 Å². The van der Waals surface area contributed by atoms with Gasteiger partial charge in [-0.1, -0.05) is 12.1 Å². The van der Waals surface area contributed by atoms with Gasteiger partial charge in [0.2, 0.25) is 11.3 Å². The Morgan fingerprint density at radius 3 is 2.52 bits per heavy atom. The SMILES string of the molecule is CCOc1ccc(OCC)c(CC(=O)Nc2ccccc2[N+]#N)c1.[Cl-]. The molecule has 0 unspecified atom stereocenters. The number of diazo groups is 1. The first kappa shape index (κ1) is 20.3. The van der Waals surface area contributed by atoms with Crippen LogP contribution < -0.4 is 27.2 Å². The largest absolute Gasteiger partial charge is 1.00 e. The molecule has 1 N–H and O–H groups in total. The van der Waals surface area contributed by atoms with Gasteiger partial charge in [-0.2, -0.15) is 0 Å². The van der Waals surface area contributed by atoms with Crippen LogP contribution in [0, 0.1) is 5.39 Å². The van der Waals surface area contributed by atoms with Gasteiger partial charge in [0.15, 0.2) is 4.98 Å². The molecule has 0 aromatic heterocycles. The number of hydrogen-bond acceptors (Lipinski definition) is 4. The van der Waals surface area contributed by atoms with E-state index in [1.54, 1.807) is 36.4 Å². The zero-order valence-corrected chi connectivity index (χ0v) is 14.9. The Balaban J connectivity index is 0.00000312. The van der Waals surface area contributed by atoms with Gasteiger partial charge in [0.1, 0.15) is 17.2 Å². The van der Waals surface area contributed by atoms with Crippen LogP contribution in [0.15, 0.2) is 42.5 Å². The molecule has 0 fully saturated rings. The summed E-state index contributed by atoms with van der Waals surface area (Å²) in [7, 11) is 0. The summed E-state index contributed by atoms with van der Waals surface area (Å²) >= 11 is 0. The van der Waals surface area contributed by atoms with Gasteiger partial charge in [-0.05, 0) is 38.1 Å². The van der Waals surface area contributed by atoms with E-state index in [0.29, 0.717) is 36.1 Å². The van der Waals surface area contributed by atoms with Crippen molar-refractivity contribution < 1.29 is 26.7 Å². The summed E-state index contributed by atoms with van der Waals surface area (Å²) in [5, 5.41) is 11.7. The molecule has 0 saturated carbocycles. The van der Waals surface area contributed by atoms with Gasteiger partial charge < -0.3 is 27.2 Å². The van der Waals surface area contributed by atoms with E-state index < -0.39 is 0 Å². The third-order valence-electron chi connectivity index (χ3n) is 3.28. The van der Waals surface area contributed by atoms with E-state index in [0.717, 1.165) is 5.56 Å². The van der Waals surface area contributed by atoms with Crippen LogP contribution in [0.1, 0.15) is 19.4 Å². The third-order valence-corrected chi connectivity index (χ3v) is 3.28. The van der Waals surface area contributed by atoms with E-state index in [4.69, 9.17) is 14.9 Å². The smallest absolute Gasteiger partial charge is 0.408 e. The Bertz CT molecular complexity index is 759. The van der Waals surface area contributed by atoms with E-state index >= 15 is 0 Å². The van der Waals surface area contributed by atoms with Crippen LogP contribution in [0.2, 0.25) is 0 Å². The van der Waals surface area contributed by atoms with Gasteiger partial charge in [-0.15, -0.1) is 0 Å². The van der Waals surface area contributed by atoms with Crippen molar-refractivity contribution in [3.8, 4) is 11.5 Å². The zero-order chi connectivity index (χ0) is 17.4. The lowest BCUT2D eigenvalue weighted by atomic mass is 10.1. The summed E-state index contributed by atoms with van der Waals surface area (Å²) in [6.07, 6.45) is 0.121. The van der Waals surface area contributed by atoms with Crippen molar-refractivity contribution >= 4 is 17.3 Å². The van der Waals surface area contributed by atoms with Crippen molar-refractivity contribution in [3.63, 3.8) is 0 Å². The minimum Gasteiger partial charge on any atom is -1.00 e. The first-order chi connectivity index (χ1) is 11.7. The highest BCUT2D eigenvalue weighted by atomic mass is 35.5. The second-order valence-electron chi connectivity index (χ2n) is 4.98. The molecule has 2 aromatic rings. The summed E-state index contributed by atoms with van der Waals surface area (Å²) in [5.74, 6) is 1.10. The Kier molecular flexibility index (Phi) is 8.24. The summed E-state index contributed by atoms with van der Waals surface area (Å²) in [6, 6.07) is 12.2. The molecule has 1 amide bonds.